The summed E-state index contributed by atoms with van der Waals surface area (Å²) < 4.78 is 30.4. The Kier molecular flexibility index (Phi) is 6.88. The van der Waals surface area contributed by atoms with E-state index in [-0.39, 0.29) is 22.1 Å². The predicted octanol–water partition coefficient (Wildman–Crippen LogP) is 6.68. The summed E-state index contributed by atoms with van der Waals surface area (Å²) >= 11 is 0. The molecule has 0 amide bonds. The van der Waals surface area contributed by atoms with Crippen molar-refractivity contribution in [3.8, 4) is 0 Å². The van der Waals surface area contributed by atoms with Crippen LogP contribution in [0.3, 0.4) is 0 Å². The Bertz CT molecular complexity index is 1160. The van der Waals surface area contributed by atoms with Crippen molar-refractivity contribution < 1.29 is 19.0 Å². The number of aliphatic hydroxyl groups excluding tert-OH is 2. The Balaban J connectivity index is 1.99. The van der Waals surface area contributed by atoms with Crippen LogP contribution in [0.25, 0.3) is 5.57 Å². The smallest absolute Gasteiger partial charge is 0.125 e. The van der Waals surface area contributed by atoms with Crippen LogP contribution in [0.1, 0.15) is 105 Å². The summed E-state index contributed by atoms with van der Waals surface area (Å²) in [6, 6.07) is 2.58. The molecule has 0 radical (unpaired) electrons. The molecule has 3 nitrogen and oxygen atoms in total. The lowest BCUT2D eigenvalue weighted by molar-refractivity contribution is 0.0972. The van der Waals surface area contributed by atoms with Crippen LogP contribution < -0.4 is 5.19 Å². The van der Waals surface area contributed by atoms with Crippen molar-refractivity contribution in [2.45, 2.75) is 97.6 Å². The van der Waals surface area contributed by atoms with Gasteiger partial charge in [0.15, 0.2) is 0 Å². The molecule has 0 fully saturated rings. The molecule has 190 valence electrons. The molecule has 2 atom stereocenters. The van der Waals surface area contributed by atoms with E-state index in [1.165, 1.54) is 12.1 Å². The van der Waals surface area contributed by atoms with Crippen LogP contribution in [0.4, 0.5) is 8.78 Å². The number of fused-ring (bicyclic) bond motifs is 1. The lowest BCUT2D eigenvalue weighted by Crippen LogP contribution is -2.42. The van der Waals surface area contributed by atoms with Gasteiger partial charge in [0, 0.05) is 27.7 Å². The van der Waals surface area contributed by atoms with Crippen LogP contribution in [0.2, 0.25) is 19.6 Å². The quantitative estimate of drug-likeness (QED) is 0.451. The first-order valence-electron chi connectivity index (χ1n) is 12.8. The highest BCUT2D eigenvalue weighted by atomic mass is 28.3. The number of halogens is 2. The number of rotatable bonds is 5. The number of aromatic nitrogens is 1. The minimum absolute atomic E-state index is 0.0103. The molecule has 0 spiro atoms. The summed E-state index contributed by atoms with van der Waals surface area (Å²) in [5.41, 5.74) is 5.03. The van der Waals surface area contributed by atoms with E-state index in [4.69, 9.17) is 4.98 Å². The molecule has 1 aromatic heterocycles. The molecule has 35 heavy (non-hydrogen) atoms. The molecular weight excluding hydrogens is 460 g/mol. The zero-order valence-corrected chi connectivity index (χ0v) is 23.1. The minimum Gasteiger partial charge on any atom is -0.388 e. The summed E-state index contributed by atoms with van der Waals surface area (Å²) in [4.78, 5) is 5.01. The van der Waals surface area contributed by atoms with Gasteiger partial charge in [0.25, 0.3) is 0 Å². The van der Waals surface area contributed by atoms with Gasteiger partial charge in [-0.2, -0.15) is 0 Å². The molecule has 2 unspecified atom stereocenters. The van der Waals surface area contributed by atoms with Crippen LogP contribution in [0.5, 0.6) is 0 Å². The molecule has 0 saturated carbocycles. The van der Waals surface area contributed by atoms with E-state index < -0.39 is 31.9 Å². The molecule has 2 aliphatic rings. The SMILES string of the molecule is CC(C)c1nc2c(c(C3=CCCC3)c1C(O)c1cc(F)c([Si](C)(C)C)c(F)c1)C(O)CC(C)(C)C2. The third kappa shape index (κ3) is 4.89. The number of hydrogen-bond acceptors (Lipinski definition) is 3. The summed E-state index contributed by atoms with van der Waals surface area (Å²) in [7, 11) is -2.25. The second kappa shape index (κ2) is 9.20. The zero-order chi connectivity index (χ0) is 25.9. The highest BCUT2D eigenvalue weighted by molar-refractivity contribution is 6.88. The van der Waals surface area contributed by atoms with E-state index in [9.17, 15) is 10.2 Å². The summed E-state index contributed by atoms with van der Waals surface area (Å²) in [5, 5.41) is 23.2. The average Bonchev–Trinajstić information content (AvgIpc) is 3.23. The van der Waals surface area contributed by atoms with E-state index >= 15 is 8.78 Å². The van der Waals surface area contributed by atoms with Crippen LogP contribution >= 0.6 is 0 Å². The Labute approximate surface area is 209 Å². The lowest BCUT2D eigenvalue weighted by Gasteiger charge is -2.37. The van der Waals surface area contributed by atoms with Crippen LogP contribution in [0.15, 0.2) is 18.2 Å². The summed E-state index contributed by atoms with van der Waals surface area (Å²) in [5.74, 6) is -1.21. The van der Waals surface area contributed by atoms with Crippen molar-refractivity contribution in [1.29, 1.82) is 0 Å². The highest BCUT2D eigenvalue weighted by Crippen LogP contribution is 2.48. The largest absolute Gasteiger partial charge is 0.388 e. The van der Waals surface area contributed by atoms with Crippen molar-refractivity contribution in [2.24, 2.45) is 5.41 Å². The molecular formula is C29H39F2NO2Si. The van der Waals surface area contributed by atoms with Crippen molar-refractivity contribution in [3.63, 3.8) is 0 Å². The minimum atomic E-state index is -2.25. The fraction of sp³-hybridized carbons (Fsp3) is 0.552. The third-order valence-electron chi connectivity index (χ3n) is 7.42. The molecule has 2 N–H and O–H groups in total. The number of benzene rings is 1. The number of pyridine rings is 1. The Hall–Kier alpha value is -1.89. The van der Waals surface area contributed by atoms with Crippen molar-refractivity contribution in [2.75, 3.05) is 0 Å². The first-order valence-corrected chi connectivity index (χ1v) is 16.3. The maximum atomic E-state index is 15.2. The second-order valence-corrected chi connectivity index (χ2v) is 17.5. The van der Waals surface area contributed by atoms with Gasteiger partial charge in [-0.05, 0) is 72.3 Å². The third-order valence-corrected chi connectivity index (χ3v) is 9.40. The van der Waals surface area contributed by atoms with E-state index in [0.29, 0.717) is 12.0 Å². The van der Waals surface area contributed by atoms with Crippen molar-refractivity contribution >= 4 is 18.8 Å². The summed E-state index contributed by atoms with van der Waals surface area (Å²) in [6.07, 6.45) is 4.37. The number of aliphatic hydroxyl groups is 2. The normalized spacial score (nSPS) is 20.7. The van der Waals surface area contributed by atoms with Gasteiger partial charge in [-0.1, -0.05) is 53.4 Å². The van der Waals surface area contributed by atoms with E-state index in [0.717, 1.165) is 53.8 Å². The second-order valence-electron chi connectivity index (χ2n) is 12.5. The fourth-order valence-electron chi connectivity index (χ4n) is 5.92. The first kappa shape index (κ1) is 26.2. The molecule has 6 heteroatoms. The molecule has 0 aliphatic heterocycles. The zero-order valence-electron chi connectivity index (χ0n) is 22.1. The molecule has 1 heterocycles. The summed E-state index contributed by atoms with van der Waals surface area (Å²) in [6.45, 7) is 14.0. The van der Waals surface area contributed by atoms with Crippen LogP contribution in [0, 0.1) is 17.0 Å². The highest BCUT2D eigenvalue weighted by Gasteiger charge is 2.38. The lowest BCUT2D eigenvalue weighted by atomic mass is 9.71. The first-order chi connectivity index (χ1) is 16.2. The van der Waals surface area contributed by atoms with Gasteiger partial charge in [0.2, 0.25) is 0 Å². The van der Waals surface area contributed by atoms with Crippen LogP contribution in [-0.2, 0) is 6.42 Å². The number of allylic oxidation sites excluding steroid dienone is 2. The Morgan fingerprint density at radius 1 is 1.11 bits per heavy atom. The maximum Gasteiger partial charge on any atom is 0.125 e. The van der Waals surface area contributed by atoms with Crippen molar-refractivity contribution in [3.05, 3.63) is 63.5 Å². The Morgan fingerprint density at radius 3 is 2.26 bits per heavy atom. The van der Waals surface area contributed by atoms with Gasteiger partial charge in [-0.15, -0.1) is 0 Å². The van der Waals surface area contributed by atoms with E-state index in [1.807, 2.05) is 33.5 Å². The van der Waals surface area contributed by atoms with Crippen molar-refractivity contribution in [1.82, 2.24) is 4.98 Å². The monoisotopic (exact) mass is 499 g/mol. The van der Waals surface area contributed by atoms with E-state index in [2.05, 4.69) is 19.9 Å². The van der Waals surface area contributed by atoms with Gasteiger partial charge in [0.05, 0.1) is 14.2 Å². The van der Waals surface area contributed by atoms with Gasteiger partial charge in [0.1, 0.15) is 17.7 Å². The molecule has 2 aromatic rings. The topological polar surface area (TPSA) is 53.4 Å². The van der Waals surface area contributed by atoms with Gasteiger partial charge in [-0.25, -0.2) is 8.78 Å². The van der Waals surface area contributed by atoms with Gasteiger partial charge in [-0.3, -0.25) is 4.98 Å². The van der Waals surface area contributed by atoms with E-state index in [1.54, 1.807) is 0 Å². The fourth-order valence-corrected chi connectivity index (χ4v) is 7.50. The van der Waals surface area contributed by atoms with Crippen LogP contribution in [-0.4, -0.2) is 23.3 Å². The molecule has 0 bridgehead atoms. The maximum absolute atomic E-state index is 15.2. The predicted molar refractivity (Wildman–Crippen MR) is 141 cm³/mol. The molecule has 2 aliphatic carbocycles. The van der Waals surface area contributed by atoms with Gasteiger partial charge >= 0.3 is 0 Å². The molecule has 1 aromatic carbocycles. The average molecular weight is 500 g/mol. The number of hydrogen-bond donors (Lipinski definition) is 2. The molecule has 0 saturated heterocycles. The Morgan fingerprint density at radius 2 is 1.74 bits per heavy atom. The standard InChI is InChI=1S/C29H39F2NO2Si/c1-16(2)26-25(27(34)18-12-19(30)28(20(31)13-18)35(5,6)7)23(17-10-8-9-11-17)24-21(32-26)14-29(3,4)15-22(24)33/h10,12-13,16,22,27,33-34H,8-9,11,14-15H2,1-7H3. The number of nitrogens with zero attached hydrogens (tertiary/aromatic N) is 1. The molecule has 4 rings (SSSR count). The van der Waals surface area contributed by atoms with Gasteiger partial charge < -0.3 is 10.2 Å².